The van der Waals surface area contributed by atoms with E-state index in [-0.39, 0.29) is 28.7 Å². The number of ether oxygens (including phenoxy) is 2. The molecule has 2 saturated heterocycles. The largest absolute Gasteiger partial charge is 0.454 e. The monoisotopic (exact) mass is 612 g/mol. The molecule has 4 heterocycles. The van der Waals surface area contributed by atoms with Crippen molar-refractivity contribution in [1.29, 1.82) is 0 Å². The number of halogens is 2. The van der Waals surface area contributed by atoms with Gasteiger partial charge in [-0.3, -0.25) is 9.69 Å². The molecule has 3 N–H and O–H groups in total. The van der Waals surface area contributed by atoms with Gasteiger partial charge in [0.1, 0.15) is 17.4 Å². The molecule has 0 radical (unpaired) electrons. The number of aromatic nitrogens is 3. The van der Waals surface area contributed by atoms with Crippen LogP contribution in [0.15, 0.2) is 66.9 Å². The molecule has 0 bridgehead atoms. The lowest BCUT2D eigenvalue weighted by atomic mass is 10.0. The normalized spacial score (nSPS) is 16.4. The summed E-state index contributed by atoms with van der Waals surface area (Å²) in [5.41, 5.74) is 9.58. The van der Waals surface area contributed by atoms with Crippen LogP contribution in [0, 0.1) is 18.6 Å². The predicted molar refractivity (Wildman–Crippen MR) is 169 cm³/mol. The van der Waals surface area contributed by atoms with Crippen LogP contribution in [-0.4, -0.2) is 70.9 Å². The highest BCUT2D eigenvalue weighted by Crippen LogP contribution is 2.32. The van der Waals surface area contributed by atoms with Crippen molar-refractivity contribution >= 4 is 28.2 Å². The lowest BCUT2D eigenvalue weighted by molar-refractivity contribution is 0.0115. The highest BCUT2D eigenvalue weighted by Gasteiger charge is 2.28. The third-order valence-electron chi connectivity index (χ3n) is 8.81. The van der Waals surface area contributed by atoms with Crippen LogP contribution in [0.3, 0.4) is 0 Å². The summed E-state index contributed by atoms with van der Waals surface area (Å²) in [7, 11) is 0. The van der Waals surface area contributed by atoms with Crippen LogP contribution in [0.1, 0.15) is 34.5 Å². The molecule has 232 valence electrons. The van der Waals surface area contributed by atoms with Gasteiger partial charge >= 0.3 is 0 Å². The van der Waals surface area contributed by atoms with Gasteiger partial charge in [0, 0.05) is 43.1 Å². The van der Waals surface area contributed by atoms with Gasteiger partial charge < -0.3 is 25.1 Å². The molecule has 2 aromatic heterocycles. The topological polar surface area (TPSA) is 102 Å². The molecule has 7 rings (SSSR count). The Labute approximate surface area is 259 Å². The third kappa shape index (κ3) is 5.65. The molecular weight excluding hydrogens is 578 g/mol. The molecule has 0 unspecified atom stereocenters. The molecule has 2 fully saturated rings. The van der Waals surface area contributed by atoms with Crippen LogP contribution < -0.4 is 15.4 Å². The van der Waals surface area contributed by atoms with Crippen LogP contribution >= 0.6 is 0 Å². The molecule has 0 atom stereocenters. The summed E-state index contributed by atoms with van der Waals surface area (Å²) in [6.45, 7) is 6.82. The van der Waals surface area contributed by atoms with E-state index in [0.717, 1.165) is 57.8 Å². The van der Waals surface area contributed by atoms with Crippen molar-refractivity contribution in [2.75, 3.05) is 50.0 Å². The number of fused-ring (bicyclic) bond motifs is 1. The van der Waals surface area contributed by atoms with Gasteiger partial charge in [0.05, 0.1) is 42.0 Å². The number of nitrogens with two attached hydrogens (primary N) is 1. The number of nitrogens with zero attached hydrogens (tertiary/aromatic N) is 4. The number of carbonyl (C=O) groups excluding carboxylic acids is 1. The number of aromatic amines is 1. The van der Waals surface area contributed by atoms with E-state index in [4.69, 9.17) is 15.2 Å². The minimum atomic E-state index is -0.459. The number of anilines is 2. The SMILES string of the molecule is Cc1cc(Oc2ccccc2F)ccc1-n1ncc(C(=O)c2cc3cc(F)c(N4CCC(N5CCOCC5)CC4)cc3[nH]2)c1N. The molecule has 9 nitrogen and oxygen atoms in total. The standard InChI is InChI=1S/C34H34F2N6O3/c1-21-16-24(45-32-5-3-2-4-26(32)35)6-7-30(21)42-34(37)25(20-38-42)33(43)29-18-22-17-27(36)31(19-28(22)39-29)41-10-8-23(9-11-41)40-12-14-44-15-13-40/h2-7,16-20,23,39H,8-15,37H2,1H3. The number of piperidine rings is 1. The second-order valence-corrected chi connectivity index (χ2v) is 11.6. The van der Waals surface area contributed by atoms with E-state index in [1.807, 2.05) is 6.92 Å². The molecular formula is C34H34F2N6O3. The Kier molecular flexibility index (Phi) is 7.72. The van der Waals surface area contributed by atoms with E-state index < -0.39 is 5.82 Å². The summed E-state index contributed by atoms with van der Waals surface area (Å²) in [5, 5.41) is 4.99. The molecule has 0 amide bonds. The van der Waals surface area contributed by atoms with Crippen molar-refractivity contribution < 1.29 is 23.0 Å². The number of carbonyl (C=O) groups is 1. The van der Waals surface area contributed by atoms with Gasteiger partial charge in [0.15, 0.2) is 11.6 Å². The van der Waals surface area contributed by atoms with Crippen molar-refractivity contribution in [1.82, 2.24) is 19.7 Å². The van der Waals surface area contributed by atoms with Gasteiger partial charge in [-0.1, -0.05) is 12.1 Å². The number of benzene rings is 3. The molecule has 0 spiro atoms. The van der Waals surface area contributed by atoms with Gasteiger partial charge in [0.2, 0.25) is 5.78 Å². The van der Waals surface area contributed by atoms with Crippen molar-refractivity contribution in [3.63, 3.8) is 0 Å². The Morgan fingerprint density at radius 2 is 1.76 bits per heavy atom. The molecule has 0 aliphatic carbocycles. The molecule has 45 heavy (non-hydrogen) atoms. The number of hydrogen-bond acceptors (Lipinski definition) is 7. The van der Waals surface area contributed by atoms with E-state index in [0.29, 0.717) is 39.8 Å². The number of nitrogen functional groups attached to an aromatic ring is 1. The maximum Gasteiger partial charge on any atom is 0.214 e. The van der Waals surface area contributed by atoms with Gasteiger partial charge in [-0.05, 0) is 73.9 Å². The quantitative estimate of drug-likeness (QED) is 0.223. The van der Waals surface area contributed by atoms with Gasteiger partial charge in [0.25, 0.3) is 0 Å². The first kappa shape index (κ1) is 29.0. The van der Waals surface area contributed by atoms with Crippen molar-refractivity contribution in [2.24, 2.45) is 0 Å². The number of rotatable bonds is 7. The van der Waals surface area contributed by atoms with E-state index in [1.54, 1.807) is 48.5 Å². The number of para-hydroxylation sites is 1. The highest BCUT2D eigenvalue weighted by atomic mass is 19.1. The zero-order valence-electron chi connectivity index (χ0n) is 24.9. The maximum absolute atomic E-state index is 15.3. The van der Waals surface area contributed by atoms with Crippen molar-refractivity contribution in [3.8, 4) is 17.2 Å². The zero-order chi connectivity index (χ0) is 31.1. The fourth-order valence-corrected chi connectivity index (χ4v) is 6.37. The second-order valence-electron chi connectivity index (χ2n) is 11.6. The summed E-state index contributed by atoms with van der Waals surface area (Å²) < 4.78 is 42.0. The Bertz CT molecular complexity index is 1870. The molecule has 0 saturated carbocycles. The molecule has 11 heteroatoms. The number of aryl methyl sites for hydroxylation is 1. The van der Waals surface area contributed by atoms with E-state index >= 15 is 4.39 Å². The lowest BCUT2D eigenvalue weighted by Gasteiger charge is -2.40. The van der Waals surface area contributed by atoms with Crippen LogP contribution in [0.2, 0.25) is 0 Å². The number of ketones is 1. The van der Waals surface area contributed by atoms with Crippen LogP contribution in [0.5, 0.6) is 11.5 Å². The second kappa shape index (κ2) is 12.0. The van der Waals surface area contributed by atoms with Crippen molar-refractivity contribution in [2.45, 2.75) is 25.8 Å². The van der Waals surface area contributed by atoms with Crippen LogP contribution in [0.25, 0.3) is 16.6 Å². The van der Waals surface area contributed by atoms with Gasteiger partial charge in [-0.15, -0.1) is 0 Å². The lowest BCUT2D eigenvalue weighted by Crippen LogP contribution is -2.49. The summed E-state index contributed by atoms with van der Waals surface area (Å²) in [6, 6.07) is 16.8. The summed E-state index contributed by atoms with van der Waals surface area (Å²) in [6.07, 6.45) is 3.36. The highest BCUT2D eigenvalue weighted by molar-refractivity contribution is 6.12. The molecule has 2 aliphatic heterocycles. The summed E-state index contributed by atoms with van der Waals surface area (Å²) in [5.74, 6) is -0.376. The first-order chi connectivity index (χ1) is 21.9. The van der Waals surface area contributed by atoms with Crippen molar-refractivity contribution in [3.05, 3.63) is 95.3 Å². The molecule has 3 aromatic carbocycles. The van der Waals surface area contributed by atoms with E-state index in [9.17, 15) is 9.18 Å². The Morgan fingerprint density at radius 1 is 0.978 bits per heavy atom. The Hall–Kier alpha value is -4.74. The third-order valence-corrected chi connectivity index (χ3v) is 8.81. The minimum absolute atomic E-state index is 0.120. The number of morpholine rings is 1. The minimum Gasteiger partial charge on any atom is -0.454 e. The molecule has 5 aromatic rings. The average Bonchev–Trinajstić information content (AvgIpc) is 3.65. The fraction of sp³-hybridized carbons (Fsp3) is 0.294. The summed E-state index contributed by atoms with van der Waals surface area (Å²) >= 11 is 0. The summed E-state index contributed by atoms with van der Waals surface area (Å²) in [4.78, 5) is 21.3. The first-order valence-corrected chi connectivity index (χ1v) is 15.2. The zero-order valence-corrected chi connectivity index (χ0v) is 24.9. The van der Waals surface area contributed by atoms with E-state index in [1.165, 1.54) is 23.0 Å². The maximum atomic E-state index is 15.3. The van der Waals surface area contributed by atoms with Gasteiger partial charge in [-0.2, -0.15) is 5.10 Å². The number of H-pyrrole nitrogens is 1. The predicted octanol–water partition coefficient (Wildman–Crippen LogP) is 5.85. The first-order valence-electron chi connectivity index (χ1n) is 15.2. The smallest absolute Gasteiger partial charge is 0.214 e. The Balaban J connectivity index is 1.08. The average molecular weight is 613 g/mol. The van der Waals surface area contributed by atoms with E-state index in [2.05, 4.69) is 19.9 Å². The fourth-order valence-electron chi connectivity index (χ4n) is 6.37. The number of hydrogen-bond donors (Lipinski definition) is 2. The van der Waals surface area contributed by atoms with Crippen LogP contribution in [0.4, 0.5) is 20.3 Å². The molecule has 2 aliphatic rings. The number of nitrogens with one attached hydrogen (secondary N) is 1. The Morgan fingerprint density at radius 3 is 2.51 bits per heavy atom. The van der Waals surface area contributed by atoms with Gasteiger partial charge in [-0.25, -0.2) is 13.5 Å². The van der Waals surface area contributed by atoms with Crippen LogP contribution in [-0.2, 0) is 4.74 Å².